The predicted molar refractivity (Wildman–Crippen MR) is 106 cm³/mol. The minimum atomic E-state index is -0.518. The van der Waals surface area contributed by atoms with Crippen molar-refractivity contribution in [1.29, 1.82) is 0 Å². The summed E-state index contributed by atoms with van der Waals surface area (Å²) in [6, 6.07) is 9.75. The number of amides is 1. The van der Waals surface area contributed by atoms with Gasteiger partial charge in [0.2, 0.25) is 0 Å². The Morgan fingerprint density at radius 3 is 2.70 bits per heavy atom. The molecule has 1 N–H and O–H groups in total. The lowest BCUT2D eigenvalue weighted by Crippen LogP contribution is -2.25. The molecule has 0 aliphatic heterocycles. The number of rotatable bonds is 8. The fourth-order valence-electron chi connectivity index (χ4n) is 2.29. The Morgan fingerprint density at radius 2 is 2.04 bits per heavy atom. The van der Waals surface area contributed by atoms with Crippen LogP contribution >= 0.6 is 27.7 Å². The Labute approximate surface area is 169 Å². The van der Waals surface area contributed by atoms with Gasteiger partial charge in [0, 0.05) is 21.5 Å². The van der Waals surface area contributed by atoms with Crippen molar-refractivity contribution in [3.8, 4) is 5.75 Å². The SMILES string of the molecule is CCOC(=O)COc1cccc(SC)c1C(=O)NCc1ccc(Br)cc1F. The molecule has 0 fully saturated rings. The molecule has 0 bridgehead atoms. The van der Waals surface area contributed by atoms with Gasteiger partial charge in [0.05, 0.1) is 12.2 Å². The van der Waals surface area contributed by atoms with E-state index < -0.39 is 17.7 Å². The van der Waals surface area contributed by atoms with Crippen LogP contribution in [0, 0.1) is 5.82 Å². The van der Waals surface area contributed by atoms with E-state index in [9.17, 15) is 14.0 Å². The summed E-state index contributed by atoms with van der Waals surface area (Å²) < 4.78 is 24.9. The Kier molecular flexibility index (Phi) is 8.12. The van der Waals surface area contributed by atoms with Crippen molar-refractivity contribution in [1.82, 2.24) is 5.32 Å². The van der Waals surface area contributed by atoms with Crippen LogP contribution in [0.3, 0.4) is 0 Å². The van der Waals surface area contributed by atoms with Crippen molar-refractivity contribution < 1.29 is 23.5 Å². The van der Waals surface area contributed by atoms with E-state index in [1.165, 1.54) is 17.8 Å². The first-order valence-corrected chi connectivity index (χ1v) is 10.2. The quantitative estimate of drug-likeness (QED) is 0.477. The Balaban J connectivity index is 2.16. The Hall–Kier alpha value is -2.06. The smallest absolute Gasteiger partial charge is 0.344 e. The van der Waals surface area contributed by atoms with Gasteiger partial charge in [-0.3, -0.25) is 4.79 Å². The number of carbonyl (C=O) groups excluding carboxylic acids is 2. The van der Waals surface area contributed by atoms with E-state index in [1.54, 1.807) is 37.3 Å². The number of halogens is 2. The van der Waals surface area contributed by atoms with Crippen LogP contribution in [-0.4, -0.2) is 31.3 Å². The van der Waals surface area contributed by atoms with E-state index in [0.29, 0.717) is 20.5 Å². The van der Waals surface area contributed by atoms with Gasteiger partial charge in [0.1, 0.15) is 11.6 Å². The largest absolute Gasteiger partial charge is 0.481 e. The van der Waals surface area contributed by atoms with E-state index in [-0.39, 0.29) is 25.5 Å². The Bertz CT molecular complexity index is 831. The van der Waals surface area contributed by atoms with E-state index in [1.807, 2.05) is 6.26 Å². The summed E-state index contributed by atoms with van der Waals surface area (Å²) >= 11 is 4.57. The van der Waals surface area contributed by atoms with Gasteiger partial charge < -0.3 is 14.8 Å². The van der Waals surface area contributed by atoms with Gasteiger partial charge in [0.15, 0.2) is 6.61 Å². The van der Waals surface area contributed by atoms with Crippen LogP contribution in [0.15, 0.2) is 45.8 Å². The molecule has 0 saturated carbocycles. The van der Waals surface area contributed by atoms with E-state index >= 15 is 0 Å². The van der Waals surface area contributed by atoms with Crippen molar-refractivity contribution in [3.63, 3.8) is 0 Å². The number of esters is 1. The molecule has 1 amide bonds. The summed E-state index contributed by atoms with van der Waals surface area (Å²) in [5, 5.41) is 2.70. The molecule has 0 unspecified atom stereocenters. The molecule has 2 aromatic rings. The molecule has 8 heteroatoms. The summed E-state index contributed by atoms with van der Waals surface area (Å²) in [7, 11) is 0. The molecule has 0 spiro atoms. The first kappa shape index (κ1) is 21.2. The minimum absolute atomic E-state index is 0.0258. The number of nitrogens with one attached hydrogen (secondary N) is 1. The molecule has 2 rings (SSSR count). The van der Waals surface area contributed by atoms with Crippen LogP contribution in [0.2, 0.25) is 0 Å². The average Bonchev–Trinajstić information content (AvgIpc) is 2.65. The molecule has 2 aromatic carbocycles. The summed E-state index contributed by atoms with van der Waals surface area (Å²) in [5.41, 5.74) is 0.661. The van der Waals surface area contributed by atoms with Gasteiger partial charge in [-0.05, 0) is 37.4 Å². The van der Waals surface area contributed by atoms with Gasteiger partial charge in [-0.2, -0.15) is 0 Å². The molecule has 0 radical (unpaired) electrons. The highest BCUT2D eigenvalue weighted by Gasteiger charge is 2.18. The number of carbonyl (C=O) groups is 2. The van der Waals surface area contributed by atoms with Crippen molar-refractivity contribution >= 4 is 39.6 Å². The first-order chi connectivity index (χ1) is 13.0. The van der Waals surface area contributed by atoms with Gasteiger partial charge >= 0.3 is 5.97 Å². The predicted octanol–water partition coefficient (Wildman–Crippen LogP) is 4.18. The molecule has 0 atom stereocenters. The van der Waals surface area contributed by atoms with Crippen LogP contribution in [0.1, 0.15) is 22.8 Å². The zero-order valence-electron chi connectivity index (χ0n) is 14.9. The van der Waals surface area contributed by atoms with Gasteiger partial charge in [0.25, 0.3) is 5.91 Å². The van der Waals surface area contributed by atoms with E-state index in [4.69, 9.17) is 9.47 Å². The summed E-state index contributed by atoms with van der Waals surface area (Å²) in [6.45, 7) is 1.68. The van der Waals surface area contributed by atoms with Crippen molar-refractivity contribution in [3.05, 3.63) is 57.8 Å². The van der Waals surface area contributed by atoms with Crippen molar-refractivity contribution in [2.24, 2.45) is 0 Å². The Morgan fingerprint density at radius 1 is 1.26 bits per heavy atom. The maximum Gasteiger partial charge on any atom is 0.344 e. The molecular formula is C19H19BrFNO4S. The van der Waals surface area contributed by atoms with E-state index in [2.05, 4.69) is 21.2 Å². The van der Waals surface area contributed by atoms with Gasteiger partial charge in [-0.1, -0.05) is 28.1 Å². The number of thioether (sulfide) groups is 1. The minimum Gasteiger partial charge on any atom is -0.481 e. The lowest BCUT2D eigenvalue weighted by Gasteiger charge is -2.14. The van der Waals surface area contributed by atoms with E-state index in [0.717, 1.165) is 0 Å². The number of hydrogen-bond acceptors (Lipinski definition) is 5. The summed E-state index contributed by atoms with van der Waals surface area (Å²) in [4.78, 5) is 24.9. The fourth-order valence-corrected chi connectivity index (χ4v) is 3.24. The maximum atomic E-state index is 13.9. The molecule has 0 heterocycles. The molecule has 0 saturated heterocycles. The first-order valence-electron chi connectivity index (χ1n) is 8.13. The number of hydrogen-bond donors (Lipinski definition) is 1. The number of ether oxygens (including phenoxy) is 2. The average molecular weight is 456 g/mol. The van der Waals surface area contributed by atoms with Crippen molar-refractivity contribution in [2.45, 2.75) is 18.4 Å². The van der Waals surface area contributed by atoms with Crippen LogP contribution in [-0.2, 0) is 16.1 Å². The second-order valence-electron chi connectivity index (χ2n) is 5.35. The highest BCUT2D eigenvalue weighted by molar-refractivity contribution is 9.10. The van der Waals surface area contributed by atoms with Crippen LogP contribution in [0.4, 0.5) is 4.39 Å². The van der Waals surface area contributed by atoms with Crippen LogP contribution in [0.25, 0.3) is 0 Å². The highest BCUT2D eigenvalue weighted by atomic mass is 79.9. The molecule has 0 aliphatic carbocycles. The van der Waals surface area contributed by atoms with Crippen molar-refractivity contribution in [2.75, 3.05) is 19.5 Å². The third-order valence-electron chi connectivity index (χ3n) is 3.54. The third kappa shape index (κ3) is 5.97. The second-order valence-corrected chi connectivity index (χ2v) is 7.11. The topological polar surface area (TPSA) is 64.6 Å². The fraction of sp³-hybridized carbons (Fsp3) is 0.263. The maximum absolute atomic E-state index is 13.9. The lowest BCUT2D eigenvalue weighted by atomic mass is 10.1. The molecule has 27 heavy (non-hydrogen) atoms. The molecular weight excluding hydrogens is 437 g/mol. The number of benzene rings is 2. The van der Waals surface area contributed by atoms with Crippen LogP contribution in [0.5, 0.6) is 5.75 Å². The zero-order chi connectivity index (χ0) is 19.8. The highest BCUT2D eigenvalue weighted by Crippen LogP contribution is 2.29. The second kappa shape index (κ2) is 10.3. The van der Waals surface area contributed by atoms with Gasteiger partial charge in [-0.15, -0.1) is 11.8 Å². The van der Waals surface area contributed by atoms with Gasteiger partial charge in [-0.25, -0.2) is 9.18 Å². The molecule has 144 valence electrons. The summed E-state index contributed by atoms with van der Waals surface area (Å²) in [5.74, 6) is -1.08. The lowest BCUT2D eigenvalue weighted by molar-refractivity contribution is -0.145. The molecule has 0 aromatic heterocycles. The molecule has 5 nitrogen and oxygen atoms in total. The standard InChI is InChI=1S/C19H19BrFNO4S/c1-3-25-17(23)11-26-15-5-4-6-16(27-2)18(15)19(24)22-10-12-7-8-13(20)9-14(12)21/h4-9H,3,10-11H2,1-2H3,(H,22,24). The monoisotopic (exact) mass is 455 g/mol. The van der Waals surface area contributed by atoms with Crippen LogP contribution < -0.4 is 10.1 Å². The third-order valence-corrected chi connectivity index (χ3v) is 4.81. The zero-order valence-corrected chi connectivity index (χ0v) is 17.3. The summed E-state index contributed by atoms with van der Waals surface area (Å²) in [6.07, 6.45) is 1.83. The molecule has 0 aliphatic rings. The normalized spacial score (nSPS) is 10.4.